The number of anilines is 2. The molecule has 2 fully saturated rings. The number of nitrogens with zero attached hydrogens (tertiary/aromatic N) is 6. The summed E-state index contributed by atoms with van der Waals surface area (Å²) in [6.45, 7) is 4.09. The zero-order chi connectivity index (χ0) is 20.9. The summed E-state index contributed by atoms with van der Waals surface area (Å²) in [5.41, 5.74) is 6.36. The molecule has 5 rings (SSSR count). The second kappa shape index (κ2) is 7.52. The molecule has 2 aliphatic rings. The molecule has 0 radical (unpaired) electrons. The van der Waals surface area contributed by atoms with Crippen LogP contribution in [0.3, 0.4) is 0 Å². The Morgan fingerprint density at radius 1 is 1.27 bits per heavy atom. The molecule has 3 aromatic heterocycles. The molecule has 3 aromatic rings. The van der Waals surface area contributed by atoms with Gasteiger partial charge in [-0.25, -0.2) is 15.0 Å². The van der Waals surface area contributed by atoms with Crippen LogP contribution in [0.15, 0.2) is 34.6 Å². The van der Waals surface area contributed by atoms with Crippen molar-refractivity contribution in [3.05, 3.63) is 29.8 Å². The number of rotatable bonds is 3. The van der Waals surface area contributed by atoms with Gasteiger partial charge >= 0.3 is 0 Å². The van der Waals surface area contributed by atoms with E-state index in [4.69, 9.17) is 22.1 Å². The molecule has 11 heteroatoms. The molecule has 3 N–H and O–H groups in total. The van der Waals surface area contributed by atoms with Crippen LogP contribution in [0.4, 0.5) is 11.8 Å². The molecule has 0 bridgehead atoms. The Morgan fingerprint density at radius 3 is 2.80 bits per heavy atom. The van der Waals surface area contributed by atoms with Gasteiger partial charge in [0.15, 0.2) is 5.65 Å². The fraction of sp³-hybridized carbons (Fsp3) is 0.474. The highest BCUT2D eigenvalue weighted by atomic mass is 35.5. The van der Waals surface area contributed by atoms with Crippen molar-refractivity contribution in [3.63, 3.8) is 0 Å². The van der Waals surface area contributed by atoms with Crippen molar-refractivity contribution >= 4 is 40.8 Å². The van der Waals surface area contributed by atoms with E-state index in [9.17, 15) is 5.11 Å². The van der Waals surface area contributed by atoms with Crippen LogP contribution in [0.5, 0.6) is 0 Å². The minimum absolute atomic E-state index is 0.109. The summed E-state index contributed by atoms with van der Waals surface area (Å²) in [5, 5.41) is 15.4. The van der Waals surface area contributed by atoms with E-state index in [1.165, 1.54) is 18.1 Å². The van der Waals surface area contributed by atoms with Gasteiger partial charge in [0.05, 0.1) is 28.7 Å². The number of pyridine rings is 1. The molecule has 2 saturated heterocycles. The van der Waals surface area contributed by atoms with Gasteiger partial charge in [-0.05, 0) is 25.8 Å². The molecule has 0 saturated carbocycles. The van der Waals surface area contributed by atoms with Crippen LogP contribution in [-0.2, 0) is 4.74 Å². The predicted molar refractivity (Wildman–Crippen MR) is 114 cm³/mol. The number of aliphatic hydroxyl groups excluding tert-OH is 1. The van der Waals surface area contributed by atoms with Crippen molar-refractivity contribution in [2.45, 2.75) is 41.8 Å². The number of ether oxygens (including phenoxy) is 1. The van der Waals surface area contributed by atoms with E-state index >= 15 is 0 Å². The van der Waals surface area contributed by atoms with Gasteiger partial charge in [0, 0.05) is 35.8 Å². The molecule has 5 heterocycles. The van der Waals surface area contributed by atoms with E-state index in [2.05, 4.69) is 25.0 Å². The van der Waals surface area contributed by atoms with Crippen molar-refractivity contribution < 1.29 is 9.84 Å². The highest BCUT2D eigenvalue weighted by Crippen LogP contribution is 2.43. The second-order valence-electron chi connectivity index (χ2n) is 7.84. The zero-order valence-corrected chi connectivity index (χ0v) is 18.0. The number of hydrogen-bond donors (Lipinski definition) is 2. The predicted octanol–water partition coefficient (Wildman–Crippen LogP) is 2.27. The van der Waals surface area contributed by atoms with Crippen LogP contribution >= 0.6 is 23.4 Å². The topological polar surface area (TPSA) is 115 Å². The third kappa shape index (κ3) is 3.18. The lowest BCUT2D eigenvalue weighted by Crippen LogP contribution is -2.47. The van der Waals surface area contributed by atoms with E-state index in [1.54, 1.807) is 16.9 Å². The van der Waals surface area contributed by atoms with Crippen molar-refractivity contribution in [3.8, 4) is 0 Å². The Labute approximate surface area is 182 Å². The first kappa shape index (κ1) is 19.8. The Bertz CT molecular complexity index is 1090. The zero-order valence-electron chi connectivity index (χ0n) is 16.4. The first-order valence-corrected chi connectivity index (χ1v) is 11.0. The van der Waals surface area contributed by atoms with Crippen molar-refractivity contribution in [1.82, 2.24) is 24.6 Å². The summed E-state index contributed by atoms with van der Waals surface area (Å²) in [6, 6.07) is 1.81. The van der Waals surface area contributed by atoms with Gasteiger partial charge in [0.2, 0.25) is 5.95 Å². The van der Waals surface area contributed by atoms with Crippen LogP contribution in [0, 0.1) is 5.41 Å². The van der Waals surface area contributed by atoms with E-state index in [1.807, 2.05) is 13.0 Å². The molecule has 2 atom stereocenters. The lowest BCUT2D eigenvalue weighted by atomic mass is 9.75. The fourth-order valence-corrected chi connectivity index (χ4v) is 5.40. The lowest BCUT2D eigenvalue weighted by Gasteiger charge is -2.40. The average Bonchev–Trinajstić information content (AvgIpc) is 3.35. The van der Waals surface area contributed by atoms with Crippen molar-refractivity contribution in [1.29, 1.82) is 0 Å². The van der Waals surface area contributed by atoms with Gasteiger partial charge in [-0.2, -0.15) is 9.61 Å². The Balaban J connectivity index is 1.40. The highest BCUT2D eigenvalue weighted by Gasteiger charge is 2.49. The maximum Gasteiger partial charge on any atom is 0.228 e. The molecule has 1 spiro atoms. The SMILES string of the molecule is C[C@@H]1OCC2(CCN(c3ncc(Sc4ccnc(N)c4Cl)c4ncnn34)CC2)[C@@H]1O. The van der Waals surface area contributed by atoms with E-state index in [0.29, 0.717) is 23.1 Å². The summed E-state index contributed by atoms with van der Waals surface area (Å²) in [5.74, 6) is 1.03. The Morgan fingerprint density at radius 2 is 2.07 bits per heavy atom. The lowest BCUT2D eigenvalue weighted by molar-refractivity contribution is 0.0249. The van der Waals surface area contributed by atoms with Crippen LogP contribution in [-0.4, -0.2) is 61.6 Å². The highest BCUT2D eigenvalue weighted by molar-refractivity contribution is 7.99. The molecular weight excluding hydrogens is 426 g/mol. The standard InChI is InChI=1S/C19H22ClN7O2S/c1-11-15(28)19(9-29-11)3-6-26(7-4-19)18-23-8-13(17-24-10-25-27(17)18)30-12-2-5-22-16(21)14(12)20/h2,5,8,10-11,15,28H,3-4,6-7,9H2,1H3,(H2,21,22)/t11-,15+/m0/s1. The number of hydrogen-bond acceptors (Lipinski definition) is 9. The number of nitrogen functional groups attached to an aromatic ring is 1. The maximum atomic E-state index is 10.6. The smallest absolute Gasteiger partial charge is 0.228 e. The second-order valence-corrected chi connectivity index (χ2v) is 9.30. The van der Waals surface area contributed by atoms with E-state index in [0.717, 1.165) is 41.7 Å². The molecule has 9 nitrogen and oxygen atoms in total. The molecular formula is C19H22ClN7O2S. The third-order valence-corrected chi connectivity index (χ3v) is 7.68. The summed E-state index contributed by atoms with van der Waals surface area (Å²) in [7, 11) is 0. The van der Waals surface area contributed by atoms with E-state index < -0.39 is 6.10 Å². The monoisotopic (exact) mass is 447 g/mol. The van der Waals surface area contributed by atoms with Crippen molar-refractivity contribution in [2.24, 2.45) is 5.41 Å². The number of halogens is 1. The molecule has 0 unspecified atom stereocenters. The molecule has 30 heavy (non-hydrogen) atoms. The summed E-state index contributed by atoms with van der Waals surface area (Å²) < 4.78 is 7.46. The van der Waals surface area contributed by atoms with Crippen LogP contribution in [0.1, 0.15) is 19.8 Å². The number of piperidine rings is 1. The van der Waals surface area contributed by atoms with Crippen LogP contribution in [0.2, 0.25) is 5.02 Å². The summed E-state index contributed by atoms with van der Waals surface area (Å²) >= 11 is 7.72. The molecule has 2 aliphatic heterocycles. The van der Waals surface area contributed by atoms with Gasteiger partial charge in [-0.15, -0.1) is 0 Å². The number of aliphatic hydroxyl groups is 1. The summed E-state index contributed by atoms with van der Waals surface area (Å²) in [4.78, 5) is 16.9. The average molecular weight is 448 g/mol. The molecule has 0 aliphatic carbocycles. The number of aromatic nitrogens is 5. The van der Waals surface area contributed by atoms with Crippen LogP contribution in [0.25, 0.3) is 5.65 Å². The largest absolute Gasteiger partial charge is 0.390 e. The maximum absolute atomic E-state index is 10.6. The van der Waals surface area contributed by atoms with E-state index in [-0.39, 0.29) is 11.5 Å². The van der Waals surface area contributed by atoms with Gasteiger partial charge in [-0.3, -0.25) is 0 Å². The molecule has 158 valence electrons. The quantitative estimate of drug-likeness (QED) is 0.623. The van der Waals surface area contributed by atoms with Gasteiger partial charge in [0.25, 0.3) is 0 Å². The minimum Gasteiger partial charge on any atom is -0.390 e. The first-order chi connectivity index (χ1) is 14.5. The summed E-state index contributed by atoms with van der Waals surface area (Å²) in [6.07, 6.45) is 6.10. The number of fused-ring (bicyclic) bond motifs is 1. The normalized spacial score (nSPS) is 23.5. The van der Waals surface area contributed by atoms with Crippen LogP contribution < -0.4 is 10.6 Å². The fourth-order valence-electron chi connectivity index (χ4n) is 4.27. The molecule has 0 amide bonds. The van der Waals surface area contributed by atoms with Gasteiger partial charge in [0.1, 0.15) is 12.1 Å². The third-order valence-electron chi connectivity index (χ3n) is 6.10. The van der Waals surface area contributed by atoms with Gasteiger partial charge < -0.3 is 20.5 Å². The van der Waals surface area contributed by atoms with Gasteiger partial charge in [-0.1, -0.05) is 23.4 Å². The minimum atomic E-state index is -0.421. The van der Waals surface area contributed by atoms with Crippen molar-refractivity contribution in [2.75, 3.05) is 30.3 Å². The number of nitrogens with two attached hydrogens (primary N) is 1. The Hall–Kier alpha value is -2.14. The Kier molecular flexibility index (Phi) is 4.97. The first-order valence-electron chi connectivity index (χ1n) is 9.80. The molecule has 0 aromatic carbocycles.